The van der Waals surface area contributed by atoms with Crippen molar-refractivity contribution < 1.29 is 18.0 Å². The Hall–Kier alpha value is -3.36. The molecule has 0 aliphatic rings. The van der Waals surface area contributed by atoms with E-state index >= 15 is 0 Å². The third kappa shape index (κ3) is 7.64. The molecular formula is C31H38ClN3O4S. The van der Waals surface area contributed by atoms with Gasteiger partial charge in [-0.15, -0.1) is 0 Å². The molecule has 1 N–H and O–H groups in total. The standard InChI is InChI=1S/C31H38ClN3O4S/c1-7-27(30(37)33-31(4,5)6)34(20-24-14-12-11-13-22(24)2)29(36)21-35(28-18-17-25(32)19-23(28)3)40(38,39)26-15-9-8-10-16-26/h8-19,27H,7,20-21H2,1-6H3,(H,33,37)/t27-/m1/s1. The first-order valence-electron chi connectivity index (χ1n) is 13.2. The topological polar surface area (TPSA) is 86.8 Å². The lowest BCUT2D eigenvalue weighted by molar-refractivity contribution is -0.141. The Kier molecular flexibility index (Phi) is 10.0. The van der Waals surface area contributed by atoms with Gasteiger partial charge >= 0.3 is 0 Å². The fraction of sp³-hybridized carbons (Fsp3) is 0.355. The summed E-state index contributed by atoms with van der Waals surface area (Å²) in [4.78, 5) is 29.2. The Bertz CT molecular complexity index is 1450. The largest absolute Gasteiger partial charge is 0.350 e. The van der Waals surface area contributed by atoms with Crippen LogP contribution in [-0.2, 0) is 26.2 Å². The normalized spacial score (nSPS) is 12.5. The third-order valence-electron chi connectivity index (χ3n) is 6.52. The summed E-state index contributed by atoms with van der Waals surface area (Å²) >= 11 is 6.17. The van der Waals surface area contributed by atoms with Crippen molar-refractivity contribution in [3.8, 4) is 0 Å². The maximum absolute atomic E-state index is 14.2. The fourth-order valence-electron chi connectivity index (χ4n) is 4.48. The van der Waals surface area contributed by atoms with Crippen molar-refractivity contribution in [3.05, 3.63) is 94.5 Å². The van der Waals surface area contributed by atoms with E-state index < -0.39 is 34.1 Å². The lowest BCUT2D eigenvalue weighted by Crippen LogP contribution is -2.55. The van der Waals surface area contributed by atoms with E-state index in [0.29, 0.717) is 22.7 Å². The van der Waals surface area contributed by atoms with Crippen molar-refractivity contribution >= 4 is 39.1 Å². The van der Waals surface area contributed by atoms with E-state index in [1.807, 2.05) is 58.9 Å². The molecule has 0 aromatic heterocycles. The first kappa shape index (κ1) is 31.2. The highest BCUT2D eigenvalue weighted by molar-refractivity contribution is 7.92. The van der Waals surface area contributed by atoms with Crippen molar-refractivity contribution in [2.24, 2.45) is 0 Å². The van der Waals surface area contributed by atoms with E-state index in [4.69, 9.17) is 11.6 Å². The van der Waals surface area contributed by atoms with E-state index in [-0.39, 0.29) is 17.3 Å². The smallest absolute Gasteiger partial charge is 0.264 e. The average Bonchev–Trinajstić information content (AvgIpc) is 2.88. The number of hydrogen-bond acceptors (Lipinski definition) is 4. The van der Waals surface area contributed by atoms with Crippen LogP contribution in [0, 0.1) is 13.8 Å². The number of benzene rings is 3. The molecule has 3 aromatic rings. The van der Waals surface area contributed by atoms with Gasteiger partial charge in [-0.3, -0.25) is 13.9 Å². The molecule has 0 bridgehead atoms. The van der Waals surface area contributed by atoms with Gasteiger partial charge in [-0.2, -0.15) is 0 Å². The molecule has 0 saturated carbocycles. The number of carbonyl (C=O) groups excluding carboxylic acids is 2. The van der Waals surface area contributed by atoms with Gasteiger partial charge in [-0.25, -0.2) is 8.42 Å². The van der Waals surface area contributed by atoms with Gasteiger partial charge in [0, 0.05) is 17.1 Å². The van der Waals surface area contributed by atoms with E-state index in [0.717, 1.165) is 15.4 Å². The summed E-state index contributed by atoms with van der Waals surface area (Å²) < 4.78 is 29.0. The van der Waals surface area contributed by atoms with Gasteiger partial charge in [-0.1, -0.05) is 61.0 Å². The van der Waals surface area contributed by atoms with E-state index in [1.165, 1.54) is 17.0 Å². The fourth-order valence-corrected chi connectivity index (χ4v) is 6.20. The van der Waals surface area contributed by atoms with Gasteiger partial charge in [-0.05, 0) is 88.1 Å². The first-order valence-corrected chi connectivity index (χ1v) is 15.1. The molecule has 3 aromatic carbocycles. The predicted molar refractivity (Wildman–Crippen MR) is 161 cm³/mol. The number of rotatable bonds is 10. The van der Waals surface area contributed by atoms with Crippen molar-refractivity contribution in [2.75, 3.05) is 10.8 Å². The molecule has 0 saturated heterocycles. The van der Waals surface area contributed by atoms with E-state index in [9.17, 15) is 18.0 Å². The van der Waals surface area contributed by atoms with Crippen LogP contribution in [-0.4, -0.2) is 43.3 Å². The lowest BCUT2D eigenvalue weighted by atomic mass is 10.0. The van der Waals surface area contributed by atoms with Crippen LogP contribution in [0.15, 0.2) is 77.7 Å². The highest BCUT2D eigenvalue weighted by Gasteiger charge is 2.35. The second-order valence-electron chi connectivity index (χ2n) is 10.9. The number of carbonyl (C=O) groups is 2. The summed E-state index contributed by atoms with van der Waals surface area (Å²) in [5, 5.41) is 3.44. The van der Waals surface area contributed by atoms with Gasteiger partial charge in [0.05, 0.1) is 10.6 Å². The molecule has 0 radical (unpaired) electrons. The van der Waals surface area contributed by atoms with Gasteiger partial charge in [0.25, 0.3) is 10.0 Å². The molecule has 0 fully saturated rings. The monoisotopic (exact) mass is 583 g/mol. The molecule has 2 amide bonds. The second-order valence-corrected chi connectivity index (χ2v) is 13.2. The summed E-state index contributed by atoms with van der Waals surface area (Å²) in [6.07, 6.45) is 0.352. The van der Waals surface area contributed by atoms with Crippen molar-refractivity contribution in [1.82, 2.24) is 10.2 Å². The second kappa shape index (κ2) is 12.9. The van der Waals surface area contributed by atoms with Crippen LogP contribution in [0.25, 0.3) is 0 Å². The van der Waals surface area contributed by atoms with Gasteiger partial charge < -0.3 is 10.2 Å². The first-order chi connectivity index (χ1) is 18.7. The Morgan fingerprint density at radius 2 is 1.55 bits per heavy atom. The Morgan fingerprint density at radius 1 is 0.925 bits per heavy atom. The molecule has 214 valence electrons. The molecule has 9 heteroatoms. The number of anilines is 1. The number of amides is 2. The van der Waals surface area contributed by atoms with Gasteiger partial charge in [0.1, 0.15) is 12.6 Å². The maximum atomic E-state index is 14.2. The molecule has 0 aliphatic carbocycles. The summed E-state index contributed by atoms with van der Waals surface area (Å²) in [5.74, 6) is -0.787. The number of hydrogen-bond donors (Lipinski definition) is 1. The minimum atomic E-state index is -4.14. The van der Waals surface area contributed by atoms with Crippen LogP contribution in [0.5, 0.6) is 0 Å². The zero-order valence-electron chi connectivity index (χ0n) is 23.9. The minimum Gasteiger partial charge on any atom is -0.350 e. The lowest BCUT2D eigenvalue weighted by Gasteiger charge is -2.35. The molecule has 0 heterocycles. The number of nitrogens with zero attached hydrogens (tertiary/aromatic N) is 2. The summed E-state index contributed by atoms with van der Waals surface area (Å²) in [7, 11) is -4.14. The average molecular weight is 584 g/mol. The zero-order chi connectivity index (χ0) is 29.7. The molecular weight excluding hydrogens is 546 g/mol. The molecule has 0 unspecified atom stereocenters. The highest BCUT2D eigenvalue weighted by atomic mass is 35.5. The molecule has 0 spiro atoms. The van der Waals surface area contributed by atoms with Crippen LogP contribution >= 0.6 is 11.6 Å². The van der Waals surface area contributed by atoms with Crippen molar-refractivity contribution in [2.45, 2.75) is 71.0 Å². The minimum absolute atomic E-state index is 0.0557. The number of halogens is 1. The molecule has 0 aliphatic heterocycles. The van der Waals surface area contributed by atoms with Crippen LogP contribution in [0.4, 0.5) is 5.69 Å². The number of aryl methyl sites for hydroxylation is 2. The highest BCUT2D eigenvalue weighted by Crippen LogP contribution is 2.29. The van der Waals surface area contributed by atoms with Crippen LogP contribution in [0.1, 0.15) is 50.8 Å². The molecule has 3 rings (SSSR count). The predicted octanol–water partition coefficient (Wildman–Crippen LogP) is 5.87. The van der Waals surface area contributed by atoms with Crippen LogP contribution in [0.3, 0.4) is 0 Å². The Balaban J connectivity index is 2.11. The quantitative estimate of drug-likeness (QED) is 0.323. The number of sulfonamides is 1. The van der Waals surface area contributed by atoms with Crippen molar-refractivity contribution in [1.29, 1.82) is 0 Å². The van der Waals surface area contributed by atoms with Gasteiger partial charge in [0.2, 0.25) is 11.8 Å². The summed E-state index contributed by atoms with van der Waals surface area (Å²) in [6, 6.07) is 19.7. The van der Waals surface area contributed by atoms with Crippen molar-refractivity contribution in [3.63, 3.8) is 0 Å². The SMILES string of the molecule is CC[C@H](C(=O)NC(C)(C)C)N(Cc1ccccc1C)C(=O)CN(c1ccc(Cl)cc1C)S(=O)(=O)c1ccccc1. The van der Waals surface area contributed by atoms with E-state index in [2.05, 4.69) is 5.32 Å². The maximum Gasteiger partial charge on any atom is 0.264 e. The van der Waals surface area contributed by atoms with Crippen LogP contribution in [0.2, 0.25) is 5.02 Å². The number of nitrogens with one attached hydrogen (secondary N) is 1. The third-order valence-corrected chi connectivity index (χ3v) is 8.53. The molecule has 1 atom stereocenters. The Labute approximate surface area is 243 Å². The summed E-state index contributed by atoms with van der Waals surface area (Å²) in [5.41, 5.74) is 2.27. The van der Waals surface area contributed by atoms with Gasteiger partial charge in [0.15, 0.2) is 0 Å². The molecule has 40 heavy (non-hydrogen) atoms. The summed E-state index contributed by atoms with van der Waals surface area (Å²) in [6.45, 7) is 10.8. The zero-order valence-corrected chi connectivity index (χ0v) is 25.5. The Morgan fingerprint density at radius 3 is 2.12 bits per heavy atom. The van der Waals surface area contributed by atoms with E-state index in [1.54, 1.807) is 43.3 Å². The molecule has 7 nitrogen and oxygen atoms in total. The van der Waals surface area contributed by atoms with Crippen LogP contribution < -0.4 is 9.62 Å².